The molecule has 0 aliphatic heterocycles. The zero-order valence-electron chi connectivity index (χ0n) is 13.5. The molecule has 0 saturated carbocycles. The van der Waals surface area contributed by atoms with Gasteiger partial charge in [0.2, 0.25) is 0 Å². The summed E-state index contributed by atoms with van der Waals surface area (Å²) in [7, 11) is 0. The number of hydrogen-bond donors (Lipinski definition) is 1. The third kappa shape index (κ3) is 11.0. The molecule has 2 unspecified atom stereocenters. The van der Waals surface area contributed by atoms with Crippen molar-refractivity contribution in [3.8, 4) is 0 Å². The Kier molecular flexibility index (Phi) is 9.76. The van der Waals surface area contributed by atoms with Gasteiger partial charge in [0, 0.05) is 12.6 Å². The highest BCUT2D eigenvalue weighted by atomic mass is 16.5. The Bertz CT molecular complexity index is 186. The molecule has 0 rings (SSSR count). The van der Waals surface area contributed by atoms with Crippen molar-refractivity contribution in [2.45, 2.75) is 73.3 Å². The van der Waals surface area contributed by atoms with Crippen molar-refractivity contribution in [1.82, 2.24) is 5.32 Å². The Morgan fingerprint density at radius 1 is 1.11 bits per heavy atom. The third-order valence-electron chi connectivity index (χ3n) is 3.00. The van der Waals surface area contributed by atoms with Crippen LogP contribution in [0.25, 0.3) is 0 Å². The predicted molar refractivity (Wildman–Crippen MR) is 81.0 cm³/mol. The normalized spacial score (nSPS) is 15.7. The number of ether oxygens (including phenoxy) is 1. The standard InChI is InChI=1S/C16H35NO/c1-7-9-17-15(13-18-10-8-2)11-14(3)12-16(4,5)6/h14-15,17H,7-13H2,1-6H3. The minimum atomic E-state index is 0.430. The second kappa shape index (κ2) is 9.80. The molecular weight excluding hydrogens is 222 g/mol. The summed E-state index contributed by atoms with van der Waals surface area (Å²) in [6, 6.07) is 0.522. The fourth-order valence-electron chi connectivity index (χ4n) is 2.54. The van der Waals surface area contributed by atoms with Crippen LogP contribution in [-0.2, 0) is 4.74 Å². The third-order valence-corrected chi connectivity index (χ3v) is 3.00. The number of hydrogen-bond acceptors (Lipinski definition) is 2. The summed E-state index contributed by atoms with van der Waals surface area (Å²) < 4.78 is 5.71. The van der Waals surface area contributed by atoms with Gasteiger partial charge in [-0.25, -0.2) is 0 Å². The zero-order valence-corrected chi connectivity index (χ0v) is 13.5. The van der Waals surface area contributed by atoms with Crippen LogP contribution in [0.15, 0.2) is 0 Å². The van der Waals surface area contributed by atoms with Crippen LogP contribution in [0.3, 0.4) is 0 Å². The van der Waals surface area contributed by atoms with Gasteiger partial charge in [-0.15, -0.1) is 0 Å². The lowest BCUT2D eigenvalue weighted by molar-refractivity contribution is 0.102. The number of nitrogens with one attached hydrogen (secondary N) is 1. The topological polar surface area (TPSA) is 21.3 Å². The Labute approximate surface area is 115 Å². The van der Waals surface area contributed by atoms with Crippen molar-refractivity contribution in [3.05, 3.63) is 0 Å². The van der Waals surface area contributed by atoms with E-state index in [1.165, 1.54) is 19.3 Å². The van der Waals surface area contributed by atoms with Gasteiger partial charge in [-0.05, 0) is 43.6 Å². The molecule has 0 aromatic rings. The summed E-state index contributed by atoms with van der Waals surface area (Å²) in [6.07, 6.45) is 4.81. The van der Waals surface area contributed by atoms with Gasteiger partial charge in [0.05, 0.1) is 6.61 Å². The lowest BCUT2D eigenvalue weighted by Gasteiger charge is -2.27. The maximum atomic E-state index is 5.71. The first kappa shape index (κ1) is 17.9. The molecule has 0 aliphatic carbocycles. The van der Waals surface area contributed by atoms with Gasteiger partial charge in [-0.3, -0.25) is 0 Å². The monoisotopic (exact) mass is 257 g/mol. The molecule has 0 heterocycles. The van der Waals surface area contributed by atoms with E-state index in [0.717, 1.165) is 32.1 Å². The van der Waals surface area contributed by atoms with Crippen LogP contribution in [0.2, 0.25) is 0 Å². The van der Waals surface area contributed by atoms with E-state index >= 15 is 0 Å². The van der Waals surface area contributed by atoms with Gasteiger partial charge >= 0.3 is 0 Å². The summed E-state index contributed by atoms with van der Waals surface area (Å²) in [5, 5.41) is 3.62. The summed E-state index contributed by atoms with van der Waals surface area (Å²) in [4.78, 5) is 0. The van der Waals surface area contributed by atoms with Crippen molar-refractivity contribution in [2.24, 2.45) is 11.3 Å². The number of rotatable bonds is 10. The molecule has 0 radical (unpaired) electrons. The van der Waals surface area contributed by atoms with E-state index in [-0.39, 0.29) is 0 Å². The molecule has 2 heteroatoms. The summed E-state index contributed by atoms with van der Waals surface area (Å²) in [5.74, 6) is 0.754. The van der Waals surface area contributed by atoms with Gasteiger partial charge < -0.3 is 10.1 Å². The minimum absolute atomic E-state index is 0.430. The van der Waals surface area contributed by atoms with Crippen molar-refractivity contribution in [1.29, 1.82) is 0 Å². The van der Waals surface area contributed by atoms with Crippen molar-refractivity contribution in [3.63, 3.8) is 0 Å². The Balaban J connectivity index is 4.03. The lowest BCUT2D eigenvalue weighted by atomic mass is 9.83. The summed E-state index contributed by atoms with van der Waals surface area (Å²) >= 11 is 0. The van der Waals surface area contributed by atoms with Crippen molar-refractivity contribution in [2.75, 3.05) is 19.8 Å². The molecule has 2 atom stereocenters. The van der Waals surface area contributed by atoms with Crippen LogP contribution < -0.4 is 5.32 Å². The van der Waals surface area contributed by atoms with Gasteiger partial charge in [0.15, 0.2) is 0 Å². The molecule has 0 fully saturated rings. The van der Waals surface area contributed by atoms with E-state index < -0.39 is 0 Å². The van der Waals surface area contributed by atoms with Crippen molar-refractivity contribution >= 4 is 0 Å². The second-order valence-electron chi connectivity index (χ2n) is 6.83. The van der Waals surface area contributed by atoms with Crippen LogP contribution >= 0.6 is 0 Å². The fourth-order valence-corrected chi connectivity index (χ4v) is 2.54. The van der Waals surface area contributed by atoms with Crippen LogP contribution in [0, 0.1) is 11.3 Å². The molecule has 0 aromatic carbocycles. The maximum absolute atomic E-state index is 5.71. The highest BCUT2D eigenvalue weighted by Crippen LogP contribution is 2.26. The summed E-state index contributed by atoms with van der Waals surface area (Å²) in [5.41, 5.74) is 0.430. The van der Waals surface area contributed by atoms with Gasteiger partial charge in [-0.2, -0.15) is 0 Å². The smallest absolute Gasteiger partial charge is 0.0619 e. The van der Waals surface area contributed by atoms with E-state index in [2.05, 4.69) is 46.9 Å². The first-order valence-corrected chi connectivity index (χ1v) is 7.70. The van der Waals surface area contributed by atoms with E-state index in [0.29, 0.717) is 11.5 Å². The minimum Gasteiger partial charge on any atom is -0.380 e. The van der Waals surface area contributed by atoms with Crippen LogP contribution in [-0.4, -0.2) is 25.8 Å². The quantitative estimate of drug-likeness (QED) is 0.591. The Hall–Kier alpha value is -0.0800. The molecule has 0 amide bonds. The SMILES string of the molecule is CCCNC(COCCC)CC(C)CC(C)(C)C. The molecule has 0 aliphatic rings. The van der Waals surface area contributed by atoms with E-state index in [9.17, 15) is 0 Å². The highest BCUT2D eigenvalue weighted by Gasteiger charge is 2.19. The van der Waals surface area contributed by atoms with Crippen LogP contribution in [0.1, 0.15) is 67.2 Å². The van der Waals surface area contributed by atoms with Crippen molar-refractivity contribution < 1.29 is 4.74 Å². The second-order valence-corrected chi connectivity index (χ2v) is 6.83. The highest BCUT2D eigenvalue weighted by molar-refractivity contribution is 4.73. The van der Waals surface area contributed by atoms with Gasteiger partial charge in [0.25, 0.3) is 0 Å². The molecular formula is C16H35NO. The molecule has 2 nitrogen and oxygen atoms in total. The molecule has 110 valence electrons. The van der Waals surface area contributed by atoms with Crippen LogP contribution in [0.4, 0.5) is 0 Å². The largest absolute Gasteiger partial charge is 0.380 e. The van der Waals surface area contributed by atoms with E-state index in [1.54, 1.807) is 0 Å². The predicted octanol–water partition coefficient (Wildman–Crippen LogP) is 4.24. The van der Waals surface area contributed by atoms with Gasteiger partial charge in [0.1, 0.15) is 0 Å². The lowest BCUT2D eigenvalue weighted by Crippen LogP contribution is -2.36. The first-order valence-electron chi connectivity index (χ1n) is 7.70. The molecule has 1 N–H and O–H groups in total. The Morgan fingerprint density at radius 3 is 2.28 bits per heavy atom. The maximum Gasteiger partial charge on any atom is 0.0619 e. The van der Waals surface area contributed by atoms with E-state index in [4.69, 9.17) is 4.74 Å². The molecule has 0 bridgehead atoms. The van der Waals surface area contributed by atoms with Gasteiger partial charge in [-0.1, -0.05) is 41.5 Å². The molecule has 0 aromatic heterocycles. The molecule has 0 spiro atoms. The average molecular weight is 257 g/mol. The fraction of sp³-hybridized carbons (Fsp3) is 1.00. The molecule has 0 saturated heterocycles. The van der Waals surface area contributed by atoms with Crippen LogP contribution in [0.5, 0.6) is 0 Å². The average Bonchev–Trinajstić information content (AvgIpc) is 2.23. The van der Waals surface area contributed by atoms with E-state index in [1.807, 2.05) is 0 Å². The summed E-state index contributed by atoms with van der Waals surface area (Å²) in [6.45, 7) is 16.6. The zero-order chi connectivity index (χ0) is 14.0. The molecule has 18 heavy (non-hydrogen) atoms. The first-order chi connectivity index (χ1) is 8.39. The Morgan fingerprint density at radius 2 is 1.78 bits per heavy atom.